The second kappa shape index (κ2) is 9.03. The zero-order valence-corrected chi connectivity index (χ0v) is 15.8. The zero-order valence-electron chi connectivity index (χ0n) is 15.8. The van der Waals surface area contributed by atoms with Crippen LogP contribution in [0.15, 0.2) is 73.3 Å². The molecule has 1 aromatic heterocycles. The number of carbonyl (C=O) groups is 1. The Bertz CT molecular complexity index is 827. The molecule has 0 bridgehead atoms. The zero-order chi connectivity index (χ0) is 19.1. The highest BCUT2D eigenvalue weighted by atomic mass is 16.1. The molecule has 0 spiro atoms. The number of nitrogens with zero attached hydrogens (tertiary/aromatic N) is 2. The summed E-state index contributed by atoms with van der Waals surface area (Å²) in [7, 11) is 0. The number of nitrogens with one attached hydrogen (secondary N) is 2. The second-order valence-electron chi connectivity index (χ2n) is 7.00. The number of imidazole rings is 1. The van der Waals surface area contributed by atoms with E-state index in [0.717, 1.165) is 17.8 Å². The van der Waals surface area contributed by atoms with Gasteiger partial charge in [0, 0.05) is 42.8 Å². The summed E-state index contributed by atoms with van der Waals surface area (Å²) in [4.78, 5) is 16.5. The van der Waals surface area contributed by atoms with Crippen molar-refractivity contribution in [3.8, 4) is 0 Å². The lowest BCUT2D eigenvalue weighted by molar-refractivity contribution is 0.0950. The van der Waals surface area contributed by atoms with Crippen LogP contribution >= 0.6 is 0 Å². The van der Waals surface area contributed by atoms with E-state index in [9.17, 15) is 4.79 Å². The number of para-hydroxylation sites is 1. The van der Waals surface area contributed by atoms with Gasteiger partial charge in [0.25, 0.3) is 5.91 Å². The van der Waals surface area contributed by atoms with Crippen molar-refractivity contribution in [3.63, 3.8) is 0 Å². The summed E-state index contributed by atoms with van der Waals surface area (Å²) in [6.45, 7) is 5.62. The molecule has 1 heterocycles. The quantitative estimate of drug-likeness (QED) is 0.641. The molecule has 1 atom stereocenters. The molecule has 0 saturated heterocycles. The summed E-state index contributed by atoms with van der Waals surface area (Å²) < 4.78 is 2.00. The molecule has 140 valence electrons. The topological polar surface area (TPSA) is 59.0 Å². The van der Waals surface area contributed by atoms with E-state index >= 15 is 0 Å². The molecular weight excluding hydrogens is 336 g/mol. The van der Waals surface area contributed by atoms with Gasteiger partial charge in [0.05, 0.1) is 6.33 Å². The molecule has 3 aromatic rings. The Labute approximate surface area is 160 Å². The number of carbonyl (C=O) groups excluding carboxylic acids is 1. The molecular formula is C22H26N4O. The van der Waals surface area contributed by atoms with Crippen LogP contribution < -0.4 is 10.6 Å². The van der Waals surface area contributed by atoms with Crippen molar-refractivity contribution in [1.82, 2.24) is 14.9 Å². The van der Waals surface area contributed by atoms with Crippen LogP contribution in [0.25, 0.3) is 0 Å². The summed E-state index contributed by atoms with van der Waals surface area (Å²) in [5, 5.41) is 6.54. The SMILES string of the molecule is CC(C)C(CNC(=O)c1ccc(Cn2ccnc2)cc1)Nc1ccccc1. The molecule has 2 N–H and O–H groups in total. The van der Waals surface area contributed by atoms with E-state index in [2.05, 4.69) is 29.5 Å². The van der Waals surface area contributed by atoms with Gasteiger partial charge in [-0.2, -0.15) is 0 Å². The van der Waals surface area contributed by atoms with E-state index in [4.69, 9.17) is 0 Å². The molecule has 1 amide bonds. The van der Waals surface area contributed by atoms with Crippen molar-refractivity contribution in [2.24, 2.45) is 5.92 Å². The van der Waals surface area contributed by atoms with E-state index in [1.54, 1.807) is 12.5 Å². The monoisotopic (exact) mass is 362 g/mol. The third-order valence-electron chi connectivity index (χ3n) is 4.55. The van der Waals surface area contributed by atoms with Crippen LogP contribution in [-0.4, -0.2) is 28.0 Å². The maximum absolute atomic E-state index is 12.5. The maximum atomic E-state index is 12.5. The summed E-state index contributed by atoms with van der Waals surface area (Å²) in [6.07, 6.45) is 5.47. The minimum atomic E-state index is -0.0512. The summed E-state index contributed by atoms with van der Waals surface area (Å²) in [5.41, 5.74) is 2.87. The highest BCUT2D eigenvalue weighted by Crippen LogP contribution is 2.12. The van der Waals surface area contributed by atoms with E-state index < -0.39 is 0 Å². The van der Waals surface area contributed by atoms with Gasteiger partial charge in [0.1, 0.15) is 0 Å². The van der Waals surface area contributed by atoms with E-state index in [-0.39, 0.29) is 11.9 Å². The molecule has 27 heavy (non-hydrogen) atoms. The Hall–Kier alpha value is -3.08. The van der Waals surface area contributed by atoms with Gasteiger partial charge in [0.15, 0.2) is 0 Å². The molecule has 0 aliphatic rings. The third kappa shape index (κ3) is 5.45. The van der Waals surface area contributed by atoms with Gasteiger partial charge in [-0.25, -0.2) is 4.98 Å². The van der Waals surface area contributed by atoms with Crippen molar-refractivity contribution in [2.75, 3.05) is 11.9 Å². The van der Waals surface area contributed by atoms with Gasteiger partial charge in [-0.15, -0.1) is 0 Å². The number of aromatic nitrogens is 2. The van der Waals surface area contributed by atoms with Gasteiger partial charge >= 0.3 is 0 Å². The molecule has 2 aromatic carbocycles. The average molecular weight is 362 g/mol. The number of anilines is 1. The number of rotatable bonds is 8. The van der Waals surface area contributed by atoms with Crippen LogP contribution in [-0.2, 0) is 6.54 Å². The summed E-state index contributed by atoms with van der Waals surface area (Å²) >= 11 is 0. The van der Waals surface area contributed by atoms with Crippen LogP contribution in [0.5, 0.6) is 0 Å². The first kappa shape index (κ1) is 18.7. The predicted molar refractivity (Wildman–Crippen MR) is 109 cm³/mol. The Morgan fingerprint density at radius 3 is 2.44 bits per heavy atom. The maximum Gasteiger partial charge on any atom is 0.251 e. The van der Waals surface area contributed by atoms with Gasteiger partial charge < -0.3 is 15.2 Å². The molecule has 0 radical (unpaired) electrons. The normalized spacial score (nSPS) is 12.0. The first-order valence-corrected chi connectivity index (χ1v) is 9.26. The van der Waals surface area contributed by atoms with Crippen LogP contribution in [0, 0.1) is 5.92 Å². The Morgan fingerprint density at radius 1 is 1.07 bits per heavy atom. The molecule has 3 rings (SSSR count). The molecule has 0 saturated carbocycles. The standard InChI is InChI=1S/C22H26N4O/c1-17(2)21(25-20-6-4-3-5-7-20)14-24-22(27)19-10-8-18(9-11-19)15-26-13-12-23-16-26/h3-13,16-17,21,25H,14-15H2,1-2H3,(H,24,27). The fourth-order valence-electron chi connectivity index (χ4n) is 2.86. The molecule has 5 heteroatoms. The van der Waals surface area contributed by atoms with Crippen LogP contribution in [0.1, 0.15) is 29.8 Å². The Kier molecular flexibility index (Phi) is 6.26. The number of hydrogen-bond donors (Lipinski definition) is 2. The molecule has 0 fully saturated rings. The van der Waals surface area contributed by atoms with Gasteiger partial charge in [0.2, 0.25) is 0 Å². The van der Waals surface area contributed by atoms with Gasteiger partial charge in [-0.3, -0.25) is 4.79 Å². The average Bonchev–Trinajstić information content (AvgIpc) is 3.19. The largest absolute Gasteiger partial charge is 0.380 e. The van der Waals surface area contributed by atoms with Crippen molar-refractivity contribution in [1.29, 1.82) is 0 Å². The second-order valence-corrected chi connectivity index (χ2v) is 7.00. The molecule has 0 aliphatic heterocycles. The molecule has 0 aliphatic carbocycles. The fourth-order valence-corrected chi connectivity index (χ4v) is 2.86. The number of amides is 1. The number of benzene rings is 2. The fraction of sp³-hybridized carbons (Fsp3) is 0.273. The highest BCUT2D eigenvalue weighted by Gasteiger charge is 2.15. The number of hydrogen-bond acceptors (Lipinski definition) is 3. The van der Waals surface area contributed by atoms with Crippen molar-refractivity contribution in [3.05, 3.63) is 84.4 Å². The van der Waals surface area contributed by atoms with Crippen molar-refractivity contribution in [2.45, 2.75) is 26.4 Å². The highest BCUT2D eigenvalue weighted by molar-refractivity contribution is 5.94. The third-order valence-corrected chi connectivity index (χ3v) is 4.55. The van der Waals surface area contributed by atoms with Crippen LogP contribution in [0.2, 0.25) is 0 Å². The van der Waals surface area contributed by atoms with Crippen molar-refractivity contribution < 1.29 is 4.79 Å². The first-order valence-electron chi connectivity index (χ1n) is 9.26. The Morgan fingerprint density at radius 2 is 1.81 bits per heavy atom. The predicted octanol–water partition coefficient (Wildman–Crippen LogP) is 3.80. The smallest absolute Gasteiger partial charge is 0.251 e. The first-order chi connectivity index (χ1) is 13.1. The minimum Gasteiger partial charge on any atom is -0.380 e. The summed E-state index contributed by atoms with van der Waals surface area (Å²) in [6, 6.07) is 18.0. The van der Waals surface area contributed by atoms with Crippen molar-refractivity contribution >= 4 is 11.6 Å². The van der Waals surface area contributed by atoms with E-state index in [1.165, 1.54) is 0 Å². The lowest BCUT2D eigenvalue weighted by Gasteiger charge is -2.24. The molecule has 1 unspecified atom stereocenters. The van der Waals surface area contributed by atoms with Crippen LogP contribution in [0.4, 0.5) is 5.69 Å². The van der Waals surface area contributed by atoms with E-state index in [0.29, 0.717) is 18.0 Å². The Balaban J connectivity index is 1.55. The summed E-state index contributed by atoms with van der Waals surface area (Å²) in [5.74, 6) is 0.341. The minimum absolute atomic E-state index is 0.0512. The van der Waals surface area contributed by atoms with Crippen LogP contribution in [0.3, 0.4) is 0 Å². The lowest BCUT2D eigenvalue weighted by Crippen LogP contribution is -2.39. The van der Waals surface area contributed by atoms with Gasteiger partial charge in [-0.05, 0) is 35.7 Å². The van der Waals surface area contributed by atoms with E-state index in [1.807, 2.05) is 65.4 Å². The lowest BCUT2D eigenvalue weighted by atomic mass is 10.0. The molecule has 5 nitrogen and oxygen atoms in total. The van der Waals surface area contributed by atoms with Gasteiger partial charge in [-0.1, -0.05) is 44.2 Å².